The third-order valence-electron chi connectivity index (χ3n) is 3.65. The van der Waals surface area contributed by atoms with Gasteiger partial charge in [0.1, 0.15) is 11.6 Å². The van der Waals surface area contributed by atoms with Crippen LogP contribution in [0.1, 0.15) is 11.1 Å². The van der Waals surface area contributed by atoms with E-state index >= 15 is 0 Å². The molecule has 0 atom stereocenters. The molecule has 0 saturated heterocycles. The minimum absolute atomic E-state index is 0.114. The molecule has 0 spiro atoms. The molecule has 2 aromatic carbocycles. The number of benzene rings is 2. The number of hydrogen-bond acceptors (Lipinski definition) is 6. The van der Waals surface area contributed by atoms with Crippen molar-refractivity contribution in [3.05, 3.63) is 69.3 Å². The van der Waals surface area contributed by atoms with Crippen molar-refractivity contribution >= 4 is 17.7 Å². The van der Waals surface area contributed by atoms with Gasteiger partial charge in [-0.05, 0) is 29.3 Å². The van der Waals surface area contributed by atoms with Crippen LogP contribution in [0.4, 0.5) is 5.69 Å². The van der Waals surface area contributed by atoms with Crippen LogP contribution in [0.2, 0.25) is 0 Å². The molecule has 0 fully saturated rings. The molecule has 0 bridgehead atoms. The van der Waals surface area contributed by atoms with E-state index in [1.165, 1.54) is 24.3 Å². The minimum atomic E-state index is -0.573. The number of carbonyl (C=O) groups excluding carboxylic acids is 1. The molecule has 130 valence electrons. The molecule has 0 radical (unpaired) electrons. The Morgan fingerprint density at radius 1 is 1.27 bits per heavy atom. The van der Waals surface area contributed by atoms with Gasteiger partial charge in [-0.25, -0.2) is 0 Å². The van der Waals surface area contributed by atoms with E-state index in [0.29, 0.717) is 17.1 Å². The second-order valence-corrected chi connectivity index (χ2v) is 5.39. The van der Waals surface area contributed by atoms with Crippen molar-refractivity contribution in [2.24, 2.45) is 0 Å². The number of ether oxygens (including phenoxy) is 2. The van der Waals surface area contributed by atoms with E-state index in [1.54, 1.807) is 24.3 Å². The summed E-state index contributed by atoms with van der Waals surface area (Å²) in [7, 11) is 0. The maximum absolute atomic E-state index is 12.2. The number of rotatable bonds is 5. The Hall–Kier alpha value is -3.86. The van der Waals surface area contributed by atoms with E-state index in [9.17, 15) is 20.2 Å². The summed E-state index contributed by atoms with van der Waals surface area (Å²) in [5.41, 5.74) is 0.923. The molecule has 8 nitrogen and oxygen atoms in total. The van der Waals surface area contributed by atoms with E-state index in [2.05, 4.69) is 5.32 Å². The minimum Gasteiger partial charge on any atom is -0.454 e. The molecule has 2 aromatic rings. The van der Waals surface area contributed by atoms with E-state index in [0.717, 1.165) is 5.56 Å². The maximum atomic E-state index is 12.2. The summed E-state index contributed by atoms with van der Waals surface area (Å²) in [5.74, 6) is 0.671. The van der Waals surface area contributed by atoms with E-state index in [-0.39, 0.29) is 24.6 Å². The molecule has 1 aliphatic heterocycles. The first-order chi connectivity index (χ1) is 12.6. The summed E-state index contributed by atoms with van der Waals surface area (Å²) in [6, 6.07) is 12.8. The number of non-ortho nitro benzene ring substituents is 1. The van der Waals surface area contributed by atoms with Crippen LogP contribution in [0.15, 0.2) is 48.0 Å². The third-order valence-corrected chi connectivity index (χ3v) is 3.65. The molecule has 1 aliphatic rings. The van der Waals surface area contributed by atoms with Crippen molar-refractivity contribution in [3.63, 3.8) is 0 Å². The lowest BCUT2D eigenvalue weighted by atomic mass is 10.1. The first-order valence-electron chi connectivity index (χ1n) is 7.60. The fourth-order valence-corrected chi connectivity index (χ4v) is 2.37. The Morgan fingerprint density at radius 2 is 2.08 bits per heavy atom. The number of nitro benzene ring substituents is 1. The van der Waals surface area contributed by atoms with Crippen molar-refractivity contribution < 1.29 is 19.2 Å². The topological polar surface area (TPSA) is 114 Å². The number of fused-ring (bicyclic) bond motifs is 1. The summed E-state index contributed by atoms with van der Waals surface area (Å²) in [6.45, 7) is 0.360. The SMILES string of the molecule is N#C/C(=C\c1cccc([N+](=O)[O-])c1)C(=O)NCc1ccc2c(c1)OCO2. The van der Waals surface area contributed by atoms with Crippen LogP contribution in [0.25, 0.3) is 6.08 Å². The molecule has 8 heteroatoms. The lowest BCUT2D eigenvalue weighted by molar-refractivity contribution is -0.384. The largest absolute Gasteiger partial charge is 0.454 e. The molecule has 1 N–H and O–H groups in total. The summed E-state index contributed by atoms with van der Waals surface area (Å²) in [4.78, 5) is 22.5. The van der Waals surface area contributed by atoms with Crippen LogP contribution >= 0.6 is 0 Å². The predicted molar refractivity (Wildman–Crippen MR) is 91.1 cm³/mol. The van der Waals surface area contributed by atoms with E-state index in [1.807, 2.05) is 6.07 Å². The average molecular weight is 351 g/mol. The van der Waals surface area contributed by atoms with Gasteiger partial charge in [0, 0.05) is 18.7 Å². The fourth-order valence-electron chi connectivity index (χ4n) is 2.37. The lowest BCUT2D eigenvalue weighted by Crippen LogP contribution is -2.23. The molecule has 3 rings (SSSR count). The molecule has 0 unspecified atom stereocenters. The number of nitriles is 1. The smallest absolute Gasteiger partial charge is 0.270 e. The van der Waals surface area contributed by atoms with Crippen LogP contribution < -0.4 is 14.8 Å². The normalized spacial score (nSPS) is 12.3. The molecule has 1 heterocycles. The van der Waals surface area contributed by atoms with Gasteiger partial charge >= 0.3 is 0 Å². The van der Waals surface area contributed by atoms with Crippen LogP contribution in [-0.4, -0.2) is 17.6 Å². The Morgan fingerprint density at radius 3 is 2.85 bits per heavy atom. The zero-order valence-electron chi connectivity index (χ0n) is 13.5. The Kier molecular flexibility index (Phi) is 4.80. The van der Waals surface area contributed by atoms with E-state index in [4.69, 9.17) is 9.47 Å². The van der Waals surface area contributed by atoms with Crippen LogP contribution in [0.5, 0.6) is 11.5 Å². The molecule has 0 aromatic heterocycles. The van der Waals surface area contributed by atoms with Gasteiger partial charge in [-0.15, -0.1) is 0 Å². The highest BCUT2D eigenvalue weighted by molar-refractivity contribution is 6.01. The van der Waals surface area contributed by atoms with Crippen LogP contribution in [0, 0.1) is 21.4 Å². The summed E-state index contributed by atoms with van der Waals surface area (Å²) in [5, 5.41) is 22.7. The quantitative estimate of drug-likeness (QED) is 0.383. The van der Waals surface area contributed by atoms with Gasteiger partial charge in [-0.2, -0.15) is 5.26 Å². The second kappa shape index (κ2) is 7.36. The lowest BCUT2D eigenvalue weighted by Gasteiger charge is -2.06. The van der Waals surface area contributed by atoms with Gasteiger partial charge in [0.05, 0.1) is 4.92 Å². The number of hydrogen-bond donors (Lipinski definition) is 1. The maximum Gasteiger partial charge on any atom is 0.270 e. The number of carbonyl (C=O) groups is 1. The fraction of sp³-hybridized carbons (Fsp3) is 0.111. The Bertz CT molecular complexity index is 946. The molecule has 0 saturated carbocycles. The molecular weight excluding hydrogens is 338 g/mol. The monoisotopic (exact) mass is 351 g/mol. The first kappa shape index (κ1) is 17.0. The van der Waals surface area contributed by atoms with Gasteiger partial charge < -0.3 is 14.8 Å². The zero-order chi connectivity index (χ0) is 18.5. The average Bonchev–Trinajstić information content (AvgIpc) is 3.12. The second-order valence-electron chi connectivity index (χ2n) is 5.39. The first-order valence-corrected chi connectivity index (χ1v) is 7.60. The summed E-state index contributed by atoms with van der Waals surface area (Å²) >= 11 is 0. The highest BCUT2D eigenvalue weighted by Crippen LogP contribution is 2.32. The van der Waals surface area contributed by atoms with Crippen molar-refractivity contribution in [3.8, 4) is 17.6 Å². The molecular formula is C18H13N3O5. The Balaban J connectivity index is 1.70. The van der Waals surface area contributed by atoms with Crippen molar-refractivity contribution in [1.82, 2.24) is 5.32 Å². The van der Waals surface area contributed by atoms with Gasteiger partial charge in [-0.3, -0.25) is 14.9 Å². The third kappa shape index (κ3) is 3.79. The van der Waals surface area contributed by atoms with Gasteiger partial charge in [-0.1, -0.05) is 18.2 Å². The summed E-state index contributed by atoms with van der Waals surface area (Å²) in [6.07, 6.45) is 1.31. The predicted octanol–water partition coefficient (Wildman–Crippen LogP) is 2.55. The van der Waals surface area contributed by atoms with Crippen molar-refractivity contribution in [1.29, 1.82) is 5.26 Å². The number of nitrogens with zero attached hydrogens (tertiary/aromatic N) is 2. The number of nitro groups is 1. The van der Waals surface area contributed by atoms with Crippen molar-refractivity contribution in [2.45, 2.75) is 6.54 Å². The van der Waals surface area contributed by atoms with Gasteiger partial charge in [0.15, 0.2) is 11.5 Å². The summed E-state index contributed by atoms with van der Waals surface area (Å²) < 4.78 is 10.5. The highest BCUT2D eigenvalue weighted by atomic mass is 16.7. The van der Waals surface area contributed by atoms with Crippen molar-refractivity contribution in [2.75, 3.05) is 6.79 Å². The number of amides is 1. The van der Waals surface area contributed by atoms with Crippen LogP contribution in [-0.2, 0) is 11.3 Å². The number of nitrogens with one attached hydrogen (secondary N) is 1. The van der Waals surface area contributed by atoms with Gasteiger partial charge in [0.2, 0.25) is 6.79 Å². The highest BCUT2D eigenvalue weighted by Gasteiger charge is 2.14. The molecule has 1 amide bonds. The Labute approximate surface area is 148 Å². The zero-order valence-corrected chi connectivity index (χ0v) is 13.5. The molecule has 26 heavy (non-hydrogen) atoms. The van der Waals surface area contributed by atoms with E-state index < -0.39 is 10.8 Å². The van der Waals surface area contributed by atoms with Gasteiger partial charge in [0.25, 0.3) is 11.6 Å². The standard InChI is InChI=1S/C18H13N3O5/c19-9-14(6-12-2-1-3-15(7-12)21(23)24)18(22)20-10-13-4-5-16-17(8-13)26-11-25-16/h1-8H,10-11H2,(H,20,22)/b14-6+. The van der Waals surface area contributed by atoms with Crippen LogP contribution in [0.3, 0.4) is 0 Å². The molecule has 0 aliphatic carbocycles.